The van der Waals surface area contributed by atoms with Gasteiger partial charge in [-0.2, -0.15) is 4.31 Å². The third-order valence-electron chi connectivity index (χ3n) is 5.13. The van der Waals surface area contributed by atoms with Gasteiger partial charge in [-0.1, -0.05) is 23.8 Å². The van der Waals surface area contributed by atoms with E-state index in [4.69, 9.17) is 0 Å². The number of sulfonamides is 1. The Morgan fingerprint density at radius 1 is 1.21 bits per heavy atom. The van der Waals surface area contributed by atoms with Crippen LogP contribution in [0.15, 0.2) is 41.4 Å². The molecule has 3 rings (SSSR count). The van der Waals surface area contributed by atoms with Gasteiger partial charge in [-0.15, -0.1) is 0 Å². The van der Waals surface area contributed by atoms with E-state index in [1.54, 1.807) is 6.20 Å². The Hall–Kier alpha value is -2.25. The van der Waals surface area contributed by atoms with Crippen LogP contribution in [-0.4, -0.2) is 36.7 Å². The van der Waals surface area contributed by atoms with Crippen LogP contribution in [0.2, 0.25) is 0 Å². The average molecular weight is 402 g/mol. The van der Waals surface area contributed by atoms with Gasteiger partial charge in [-0.05, 0) is 56.9 Å². The number of hydrogen-bond donors (Lipinski definition) is 1. The first kappa shape index (κ1) is 20.5. The van der Waals surface area contributed by atoms with Crippen LogP contribution in [0.1, 0.15) is 35.2 Å². The highest BCUT2D eigenvalue weighted by Crippen LogP contribution is 2.28. The molecule has 0 aliphatic carbocycles. The fraction of sp³-hybridized carbons (Fsp3) is 0.429. The maximum absolute atomic E-state index is 13.3. The highest BCUT2D eigenvalue weighted by atomic mass is 32.2. The summed E-state index contributed by atoms with van der Waals surface area (Å²) in [6.45, 7) is 6.61. The highest BCUT2D eigenvalue weighted by Gasteiger charge is 2.34. The van der Waals surface area contributed by atoms with Crippen LogP contribution in [0.3, 0.4) is 0 Å². The summed E-state index contributed by atoms with van der Waals surface area (Å²) in [5.41, 5.74) is 3.32. The van der Waals surface area contributed by atoms with E-state index in [1.165, 1.54) is 4.31 Å². The largest absolute Gasteiger partial charge is 0.350 e. The van der Waals surface area contributed by atoms with Crippen molar-refractivity contribution in [2.45, 2.75) is 45.1 Å². The van der Waals surface area contributed by atoms with Crippen LogP contribution in [0.25, 0.3) is 0 Å². The molecule has 0 radical (unpaired) electrons. The number of aryl methyl sites for hydroxylation is 3. The predicted molar refractivity (Wildman–Crippen MR) is 108 cm³/mol. The molecule has 1 saturated heterocycles. The van der Waals surface area contributed by atoms with Crippen molar-refractivity contribution in [2.24, 2.45) is 5.92 Å². The van der Waals surface area contributed by atoms with Crippen LogP contribution < -0.4 is 5.32 Å². The van der Waals surface area contributed by atoms with E-state index in [0.717, 1.165) is 22.4 Å². The standard InChI is InChI=1S/C21H27N3O3S/c1-15-11-16(2)20(17(3)12-15)28(26,27)24-10-6-7-18(14-24)21(25)23-13-19-8-4-5-9-22-19/h4-5,8-9,11-12,18H,6-7,10,13-14H2,1-3H3,(H,23,25)/t18-/m0/s1. The second-order valence-corrected chi connectivity index (χ2v) is 9.34. The lowest BCUT2D eigenvalue weighted by Crippen LogP contribution is -2.45. The van der Waals surface area contributed by atoms with Crippen LogP contribution >= 0.6 is 0 Å². The number of carbonyl (C=O) groups excluding carboxylic acids is 1. The van der Waals surface area contributed by atoms with Gasteiger partial charge in [0.25, 0.3) is 0 Å². The van der Waals surface area contributed by atoms with Crippen LogP contribution in [0.4, 0.5) is 0 Å². The van der Waals surface area contributed by atoms with Crippen molar-refractivity contribution in [1.29, 1.82) is 0 Å². The van der Waals surface area contributed by atoms with E-state index in [2.05, 4.69) is 10.3 Å². The van der Waals surface area contributed by atoms with Crippen molar-refractivity contribution >= 4 is 15.9 Å². The van der Waals surface area contributed by atoms with Crippen molar-refractivity contribution in [3.8, 4) is 0 Å². The lowest BCUT2D eigenvalue weighted by atomic mass is 9.99. The molecule has 1 aromatic heterocycles. The number of amides is 1. The van der Waals surface area contributed by atoms with Crippen molar-refractivity contribution in [1.82, 2.24) is 14.6 Å². The molecular formula is C21H27N3O3S. The normalized spacial score (nSPS) is 18.0. The second-order valence-electron chi connectivity index (χ2n) is 7.47. The maximum atomic E-state index is 13.3. The topological polar surface area (TPSA) is 79.4 Å². The number of piperidine rings is 1. The van der Waals surface area contributed by atoms with Crippen LogP contribution in [0, 0.1) is 26.7 Å². The van der Waals surface area contributed by atoms with Gasteiger partial charge < -0.3 is 5.32 Å². The molecule has 1 aliphatic heterocycles. The summed E-state index contributed by atoms with van der Waals surface area (Å²) >= 11 is 0. The quantitative estimate of drug-likeness (QED) is 0.835. The number of nitrogens with one attached hydrogen (secondary N) is 1. The van der Waals surface area contributed by atoms with E-state index < -0.39 is 10.0 Å². The van der Waals surface area contributed by atoms with Crippen LogP contribution in [0.5, 0.6) is 0 Å². The number of carbonyl (C=O) groups is 1. The minimum absolute atomic E-state index is 0.122. The Morgan fingerprint density at radius 2 is 1.93 bits per heavy atom. The third-order valence-corrected chi connectivity index (χ3v) is 7.30. The van der Waals surface area contributed by atoms with Crippen LogP contribution in [-0.2, 0) is 21.4 Å². The summed E-state index contributed by atoms with van der Waals surface area (Å²) in [4.78, 5) is 17.2. The SMILES string of the molecule is Cc1cc(C)c(S(=O)(=O)N2CCC[C@H](C(=O)NCc3ccccn3)C2)c(C)c1. The van der Waals surface area contributed by atoms with Crippen molar-refractivity contribution in [2.75, 3.05) is 13.1 Å². The van der Waals surface area contributed by atoms with Gasteiger partial charge in [0.1, 0.15) is 0 Å². The predicted octanol–water partition coefficient (Wildman–Crippen LogP) is 2.72. The summed E-state index contributed by atoms with van der Waals surface area (Å²) < 4.78 is 28.0. The molecule has 1 N–H and O–H groups in total. The fourth-order valence-electron chi connectivity index (χ4n) is 3.90. The second kappa shape index (κ2) is 8.41. The Bertz CT molecular complexity index is 935. The summed E-state index contributed by atoms with van der Waals surface area (Å²) in [6.07, 6.45) is 3.04. The van der Waals surface area contributed by atoms with Gasteiger partial charge in [0.2, 0.25) is 15.9 Å². The Labute approximate surface area is 167 Å². The zero-order valence-corrected chi connectivity index (χ0v) is 17.4. The molecule has 0 unspecified atom stereocenters. The first-order valence-corrected chi connectivity index (χ1v) is 11.0. The number of pyridine rings is 1. The summed E-state index contributed by atoms with van der Waals surface area (Å²) in [5.74, 6) is -0.471. The number of aromatic nitrogens is 1. The molecule has 28 heavy (non-hydrogen) atoms. The smallest absolute Gasteiger partial charge is 0.243 e. The Morgan fingerprint density at radius 3 is 2.57 bits per heavy atom. The van der Waals surface area contributed by atoms with Gasteiger partial charge in [0.05, 0.1) is 23.1 Å². The molecule has 2 aromatic rings. The molecule has 1 fully saturated rings. The minimum Gasteiger partial charge on any atom is -0.350 e. The summed E-state index contributed by atoms with van der Waals surface area (Å²) in [5, 5.41) is 2.89. The van der Waals surface area contributed by atoms with Gasteiger partial charge in [0, 0.05) is 19.3 Å². The van der Waals surface area contributed by atoms with Gasteiger partial charge in [-0.3, -0.25) is 9.78 Å². The van der Waals surface area contributed by atoms with E-state index in [1.807, 2.05) is 51.1 Å². The molecule has 0 bridgehead atoms. The molecular weight excluding hydrogens is 374 g/mol. The van der Waals surface area contributed by atoms with Gasteiger partial charge >= 0.3 is 0 Å². The molecule has 1 atom stereocenters. The molecule has 6 nitrogen and oxygen atoms in total. The lowest BCUT2D eigenvalue weighted by molar-refractivity contribution is -0.126. The summed E-state index contributed by atoms with van der Waals surface area (Å²) in [7, 11) is -3.63. The number of nitrogens with zero attached hydrogens (tertiary/aromatic N) is 2. The third kappa shape index (κ3) is 4.42. The monoisotopic (exact) mass is 401 g/mol. The van der Waals surface area contributed by atoms with Crippen molar-refractivity contribution in [3.63, 3.8) is 0 Å². The zero-order valence-electron chi connectivity index (χ0n) is 16.6. The molecule has 1 aliphatic rings. The molecule has 7 heteroatoms. The van der Waals surface area contributed by atoms with Crippen molar-refractivity contribution in [3.05, 3.63) is 58.9 Å². The number of rotatable bonds is 5. The molecule has 1 amide bonds. The van der Waals surface area contributed by atoms with Crippen molar-refractivity contribution < 1.29 is 13.2 Å². The van der Waals surface area contributed by atoms with E-state index in [-0.39, 0.29) is 18.4 Å². The molecule has 2 heterocycles. The lowest BCUT2D eigenvalue weighted by Gasteiger charge is -2.32. The maximum Gasteiger partial charge on any atom is 0.243 e. The highest BCUT2D eigenvalue weighted by molar-refractivity contribution is 7.89. The first-order valence-electron chi connectivity index (χ1n) is 9.54. The average Bonchev–Trinajstić information content (AvgIpc) is 2.66. The Kier molecular flexibility index (Phi) is 6.15. The molecule has 0 saturated carbocycles. The van der Waals surface area contributed by atoms with E-state index >= 15 is 0 Å². The van der Waals surface area contributed by atoms with E-state index in [9.17, 15) is 13.2 Å². The van der Waals surface area contributed by atoms with Gasteiger partial charge in [-0.25, -0.2) is 8.42 Å². The molecule has 1 aromatic carbocycles. The number of benzene rings is 1. The van der Waals surface area contributed by atoms with Gasteiger partial charge in [0.15, 0.2) is 0 Å². The first-order chi connectivity index (χ1) is 13.3. The summed E-state index contributed by atoms with van der Waals surface area (Å²) in [6, 6.07) is 9.32. The minimum atomic E-state index is -3.63. The fourth-order valence-corrected chi connectivity index (χ4v) is 5.84. The van der Waals surface area contributed by atoms with E-state index in [0.29, 0.717) is 30.8 Å². The molecule has 0 spiro atoms. The number of hydrogen-bond acceptors (Lipinski definition) is 4. The zero-order chi connectivity index (χ0) is 20.3. The molecule has 150 valence electrons. The Balaban J connectivity index is 1.73.